The summed E-state index contributed by atoms with van der Waals surface area (Å²) in [5.74, 6) is 0.713. The van der Waals surface area contributed by atoms with Crippen molar-refractivity contribution in [2.75, 3.05) is 44.7 Å². The number of carbonyl (C=O) groups is 1. The molecule has 1 amide bonds. The zero-order chi connectivity index (χ0) is 19.4. The second-order valence-electron chi connectivity index (χ2n) is 7.61. The lowest BCUT2D eigenvalue weighted by molar-refractivity contribution is -0.131. The number of carbonyl (C=O) groups excluding carboxylic acids is 1. The van der Waals surface area contributed by atoms with Gasteiger partial charge in [0.05, 0.1) is 15.7 Å². The fourth-order valence-electron chi connectivity index (χ4n) is 3.83. The highest BCUT2D eigenvalue weighted by molar-refractivity contribution is 6.43. The van der Waals surface area contributed by atoms with Gasteiger partial charge in [0.25, 0.3) is 0 Å². The monoisotopic (exact) mass is 413 g/mol. The van der Waals surface area contributed by atoms with Gasteiger partial charge in [-0.05, 0) is 50.8 Å². The topological polar surface area (TPSA) is 44.8 Å². The van der Waals surface area contributed by atoms with Crippen molar-refractivity contribution in [1.29, 1.82) is 0 Å². The molecule has 0 aromatic heterocycles. The first-order valence-corrected chi connectivity index (χ1v) is 10.5. The van der Waals surface area contributed by atoms with E-state index >= 15 is 0 Å². The Morgan fingerprint density at radius 2 is 1.96 bits per heavy atom. The molecule has 3 rings (SSSR count). The minimum atomic E-state index is -0.367. The number of hydrogen-bond donors (Lipinski definition) is 1. The van der Waals surface area contributed by atoms with Crippen LogP contribution in [0.4, 0.5) is 5.69 Å². The van der Waals surface area contributed by atoms with Crippen molar-refractivity contribution in [1.82, 2.24) is 10.2 Å². The van der Waals surface area contributed by atoms with Crippen LogP contribution < -0.4 is 10.2 Å². The summed E-state index contributed by atoms with van der Waals surface area (Å²) < 4.78 is 5.05. The summed E-state index contributed by atoms with van der Waals surface area (Å²) in [6.45, 7) is 6.93. The molecule has 1 aromatic rings. The average Bonchev–Trinajstić information content (AvgIpc) is 2.65. The minimum Gasteiger partial charge on any atom is -0.372 e. The largest absolute Gasteiger partial charge is 0.372 e. The van der Waals surface area contributed by atoms with Gasteiger partial charge in [-0.25, -0.2) is 0 Å². The molecule has 1 heterocycles. The number of halogens is 2. The van der Waals surface area contributed by atoms with Gasteiger partial charge in [0.1, 0.15) is 6.10 Å². The summed E-state index contributed by atoms with van der Waals surface area (Å²) in [7, 11) is 1.56. The first kappa shape index (κ1) is 20.7. The third-order valence-electron chi connectivity index (χ3n) is 5.80. The van der Waals surface area contributed by atoms with E-state index in [0.29, 0.717) is 22.0 Å². The standard InChI is InChI=1S/C20H29Cl2N3O2/c1-14(27-2)20(26)23-16-12-15(13-16)6-7-24-8-10-25(11-9-24)18-5-3-4-17(21)19(18)22/h3-5,14-16H,6-13H2,1-2H3,(H,23,26)/t14-,15-,16-/m0/s1. The summed E-state index contributed by atoms with van der Waals surface area (Å²) in [5, 5.41) is 4.33. The minimum absolute atomic E-state index is 0.00301. The van der Waals surface area contributed by atoms with Gasteiger partial charge >= 0.3 is 0 Å². The number of methoxy groups -OCH3 is 1. The summed E-state index contributed by atoms with van der Waals surface area (Å²) in [5.41, 5.74) is 1.03. The van der Waals surface area contributed by atoms with E-state index in [9.17, 15) is 4.79 Å². The Kier molecular flexibility index (Phi) is 7.26. The molecular weight excluding hydrogens is 385 g/mol. The fraction of sp³-hybridized carbons (Fsp3) is 0.650. The molecule has 1 N–H and O–H groups in total. The van der Waals surface area contributed by atoms with Crippen LogP contribution in [-0.4, -0.2) is 62.8 Å². The number of nitrogens with zero attached hydrogens (tertiary/aromatic N) is 2. The lowest BCUT2D eigenvalue weighted by atomic mass is 9.78. The first-order valence-electron chi connectivity index (χ1n) is 9.72. The van der Waals surface area contributed by atoms with Crippen LogP contribution in [0.15, 0.2) is 18.2 Å². The van der Waals surface area contributed by atoms with Crippen molar-refractivity contribution in [2.45, 2.75) is 38.3 Å². The maximum absolute atomic E-state index is 11.8. The van der Waals surface area contributed by atoms with Gasteiger partial charge in [0, 0.05) is 39.3 Å². The normalized spacial score (nSPS) is 24.4. The molecule has 1 saturated heterocycles. The number of piperazine rings is 1. The fourth-order valence-corrected chi connectivity index (χ4v) is 4.24. The molecule has 0 radical (unpaired) electrons. The summed E-state index contributed by atoms with van der Waals surface area (Å²) in [4.78, 5) is 16.7. The van der Waals surface area contributed by atoms with E-state index in [2.05, 4.69) is 15.1 Å². The smallest absolute Gasteiger partial charge is 0.249 e. The van der Waals surface area contributed by atoms with Crippen LogP contribution in [0.25, 0.3) is 0 Å². The molecule has 150 valence electrons. The van der Waals surface area contributed by atoms with E-state index in [1.807, 2.05) is 18.2 Å². The van der Waals surface area contributed by atoms with Crippen LogP contribution in [0.3, 0.4) is 0 Å². The number of hydrogen-bond acceptors (Lipinski definition) is 4. The number of ether oxygens (including phenoxy) is 1. The Morgan fingerprint density at radius 1 is 1.26 bits per heavy atom. The lowest BCUT2D eigenvalue weighted by Crippen LogP contribution is -2.49. The molecule has 1 aromatic carbocycles. The second kappa shape index (κ2) is 9.46. The van der Waals surface area contributed by atoms with Gasteiger partial charge in [-0.15, -0.1) is 0 Å². The molecule has 0 bridgehead atoms. The van der Waals surface area contributed by atoms with Crippen molar-refractivity contribution in [3.8, 4) is 0 Å². The molecule has 1 aliphatic carbocycles. The number of anilines is 1. The quantitative estimate of drug-likeness (QED) is 0.743. The predicted molar refractivity (Wildman–Crippen MR) is 111 cm³/mol. The molecule has 2 fully saturated rings. The van der Waals surface area contributed by atoms with Crippen LogP contribution in [-0.2, 0) is 9.53 Å². The van der Waals surface area contributed by atoms with Gasteiger partial charge < -0.3 is 15.0 Å². The highest BCUT2D eigenvalue weighted by Gasteiger charge is 2.31. The van der Waals surface area contributed by atoms with Crippen molar-refractivity contribution in [3.05, 3.63) is 28.2 Å². The van der Waals surface area contributed by atoms with Gasteiger partial charge in [0.15, 0.2) is 0 Å². The molecular formula is C20H29Cl2N3O2. The molecule has 0 unspecified atom stereocenters. The molecule has 7 heteroatoms. The van der Waals surface area contributed by atoms with E-state index in [4.69, 9.17) is 27.9 Å². The maximum atomic E-state index is 11.8. The van der Waals surface area contributed by atoms with Gasteiger partial charge in [-0.2, -0.15) is 0 Å². The van der Waals surface area contributed by atoms with Crippen molar-refractivity contribution in [3.63, 3.8) is 0 Å². The van der Waals surface area contributed by atoms with Crippen LogP contribution >= 0.6 is 23.2 Å². The summed E-state index contributed by atoms with van der Waals surface area (Å²) >= 11 is 12.5. The predicted octanol–water partition coefficient (Wildman–Crippen LogP) is 3.44. The van der Waals surface area contributed by atoms with Crippen LogP contribution in [0, 0.1) is 5.92 Å². The SMILES string of the molecule is CO[C@@H](C)C(=O)N[C@H]1C[C@H](CCN2CCN(c3cccc(Cl)c3Cl)CC2)C1. The third kappa shape index (κ3) is 5.29. The van der Waals surface area contributed by atoms with Crippen LogP contribution in [0.1, 0.15) is 26.2 Å². The van der Waals surface area contributed by atoms with E-state index in [1.165, 1.54) is 6.42 Å². The van der Waals surface area contributed by atoms with E-state index in [0.717, 1.165) is 51.3 Å². The van der Waals surface area contributed by atoms with E-state index in [-0.39, 0.29) is 12.0 Å². The molecule has 1 saturated carbocycles. The first-order chi connectivity index (χ1) is 13.0. The maximum Gasteiger partial charge on any atom is 0.249 e. The summed E-state index contributed by atoms with van der Waals surface area (Å²) in [6, 6.07) is 6.14. The van der Waals surface area contributed by atoms with Crippen LogP contribution in [0.2, 0.25) is 10.0 Å². The van der Waals surface area contributed by atoms with E-state index in [1.54, 1.807) is 14.0 Å². The third-order valence-corrected chi connectivity index (χ3v) is 6.61. The molecule has 27 heavy (non-hydrogen) atoms. The number of amides is 1. The molecule has 5 nitrogen and oxygen atoms in total. The Balaban J connectivity index is 1.34. The Morgan fingerprint density at radius 3 is 2.63 bits per heavy atom. The van der Waals surface area contributed by atoms with E-state index < -0.39 is 0 Å². The highest BCUT2D eigenvalue weighted by atomic mass is 35.5. The summed E-state index contributed by atoms with van der Waals surface area (Å²) in [6.07, 6.45) is 3.00. The van der Waals surface area contributed by atoms with Crippen LogP contribution in [0.5, 0.6) is 0 Å². The van der Waals surface area contributed by atoms with Gasteiger partial charge in [-0.3, -0.25) is 9.69 Å². The molecule has 1 atom stereocenters. The average molecular weight is 414 g/mol. The second-order valence-corrected chi connectivity index (χ2v) is 8.40. The zero-order valence-corrected chi connectivity index (χ0v) is 17.6. The van der Waals surface area contributed by atoms with Crippen molar-refractivity contribution < 1.29 is 9.53 Å². The Labute approximate surface area is 171 Å². The molecule has 0 spiro atoms. The van der Waals surface area contributed by atoms with Gasteiger partial charge in [0.2, 0.25) is 5.91 Å². The molecule has 1 aliphatic heterocycles. The number of rotatable bonds is 7. The van der Waals surface area contributed by atoms with Crippen molar-refractivity contribution in [2.24, 2.45) is 5.92 Å². The lowest BCUT2D eigenvalue weighted by Gasteiger charge is -2.40. The zero-order valence-electron chi connectivity index (χ0n) is 16.1. The molecule has 2 aliphatic rings. The Bertz CT molecular complexity index is 644. The van der Waals surface area contributed by atoms with Crippen molar-refractivity contribution >= 4 is 34.8 Å². The van der Waals surface area contributed by atoms with Gasteiger partial charge in [-0.1, -0.05) is 29.3 Å². The number of nitrogens with one attached hydrogen (secondary N) is 1. The Hall–Kier alpha value is -1.01. The highest BCUT2D eigenvalue weighted by Crippen LogP contribution is 2.33. The number of benzene rings is 1.